The molecule has 0 bridgehead atoms. The molecule has 0 fully saturated rings. The fourth-order valence-corrected chi connectivity index (χ4v) is 4.02. The van der Waals surface area contributed by atoms with E-state index in [9.17, 15) is 22.0 Å². The number of fused-ring (bicyclic) bond motifs is 3. The first-order chi connectivity index (χ1) is 14.5. The lowest BCUT2D eigenvalue weighted by Gasteiger charge is -2.13. The zero-order valence-corrected chi connectivity index (χ0v) is 16.2. The van der Waals surface area contributed by atoms with Crippen molar-refractivity contribution < 1.29 is 26.7 Å². The molecule has 0 radical (unpaired) electrons. The van der Waals surface area contributed by atoms with Crippen molar-refractivity contribution in [3.8, 4) is 5.75 Å². The normalized spacial score (nSPS) is 14.4. The number of hydrogen-bond donors (Lipinski definition) is 2. The molecule has 2 N–H and O–H groups in total. The molecule has 0 amide bonds. The summed E-state index contributed by atoms with van der Waals surface area (Å²) in [4.78, 5) is 3.50. The first-order valence-electron chi connectivity index (χ1n) is 9.95. The summed E-state index contributed by atoms with van der Waals surface area (Å²) in [6, 6.07) is 5.94. The molecule has 2 aromatic carbocycles. The minimum Gasteiger partial charge on any atom is -0.487 e. The van der Waals surface area contributed by atoms with Crippen molar-refractivity contribution in [3.63, 3.8) is 0 Å². The van der Waals surface area contributed by atoms with Crippen LogP contribution in [0, 0.1) is 29.1 Å². The van der Waals surface area contributed by atoms with E-state index in [1.807, 2.05) is 18.2 Å². The molecule has 3 aromatic rings. The van der Waals surface area contributed by atoms with E-state index < -0.39 is 34.8 Å². The highest BCUT2D eigenvalue weighted by atomic mass is 19.2. The SMILES string of the molecule is Fc1c(F)c(F)c(OCCCc2cccc3[nH]c4c(c23)CCNCCC4)c(F)c1F. The van der Waals surface area contributed by atoms with Crippen molar-refractivity contribution in [2.75, 3.05) is 19.7 Å². The van der Waals surface area contributed by atoms with Gasteiger partial charge in [0.15, 0.2) is 5.75 Å². The predicted octanol–water partition coefficient (Wildman–Crippen LogP) is 4.95. The van der Waals surface area contributed by atoms with E-state index in [2.05, 4.69) is 10.3 Å². The Labute approximate surface area is 170 Å². The quantitative estimate of drug-likeness (QED) is 0.263. The van der Waals surface area contributed by atoms with E-state index in [0.29, 0.717) is 12.8 Å². The van der Waals surface area contributed by atoms with Gasteiger partial charge in [0, 0.05) is 16.6 Å². The third kappa shape index (κ3) is 3.76. The molecule has 0 spiro atoms. The molecule has 0 atom stereocenters. The number of nitrogens with one attached hydrogen (secondary N) is 2. The number of hydrogen-bond acceptors (Lipinski definition) is 2. The molecule has 0 unspecified atom stereocenters. The Hall–Kier alpha value is -2.61. The standard InChI is InChI=1S/C22H21F5N2O/c23-17-18(24)20(26)22(21(27)19(17)25)30-11-3-5-12-4-1-6-15-16(12)13-8-10-28-9-2-7-14(13)29-15/h1,4,6,28-29H,2-3,5,7-11H2. The van der Waals surface area contributed by atoms with E-state index in [-0.39, 0.29) is 6.61 Å². The molecule has 1 aliphatic rings. The first kappa shape index (κ1) is 20.7. The lowest BCUT2D eigenvalue weighted by atomic mass is 9.97. The molecule has 1 aliphatic heterocycles. The van der Waals surface area contributed by atoms with Gasteiger partial charge in [-0.1, -0.05) is 12.1 Å². The van der Waals surface area contributed by atoms with Gasteiger partial charge in [0.05, 0.1) is 6.61 Å². The smallest absolute Gasteiger partial charge is 0.206 e. The summed E-state index contributed by atoms with van der Waals surface area (Å²) in [7, 11) is 0. The minimum absolute atomic E-state index is 0.178. The van der Waals surface area contributed by atoms with Crippen molar-refractivity contribution in [2.24, 2.45) is 0 Å². The Kier molecular flexibility index (Phi) is 5.94. The summed E-state index contributed by atoms with van der Waals surface area (Å²) in [5, 5.41) is 4.55. The van der Waals surface area contributed by atoms with Gasteiger partial charge in [-0.3, -0.25) is 0 Å². The molecule has 0 aliphatic carbocycles. The number of benzene rings is 2. The molecule has 1 aromatic heterocycles. The van der Waals surface area contributed by atoms with Gasteiger partial charge in [-0.15, -0.1) is 0 Å². The maximum Gasteiger partial charge on any atom is 0.206 e. The van der Waals surface area contributed by atoms with Crippen molar-refractivity contribution in [3.05, 3.63) is 64.1 Å². The van der Waals surface area contributed by atoms with Crippen LogP contribution in [0.2, 0.25) is 0 Å². The average Bonchev–Trinajstić information content (AvgIpc) is 3.07. The number of H-pyrrole nitrogens is 1. The van der Waals surface area contributed by atoms with Crippen LogP contribution in [0.5, 0.6) is 5.75 Å². The van der Waals surface area contributed by atoms with Crippen LogP contribution in [0.25, 0.3) is 10.9 Å². The fourth-order valence-electron chi connectivity index (χ4n) is 4.02. The lowest BCUT2D eigenvalue weighted by Crippen LogP contribution is -2.21. The Morgan fingerprint density at radius 2 is 1.60 bits per heavy atom. The third-order valence-corrected chi connectivity index (χ3v) is 5.44. The zero-order chi connectivity index (χ0) is 21.3. The van der Waals surface area contributed by atoms with Crippen LogP contribution in [-0.2, 0) is 19.3 Å². The van der Waals surface area contributed by atoms with Crippen LogP contribution in [0.15, 0.2) is 18.2 Å². The van der Waals surface area contributed by atoms with Gasteiger partial charge in [-0.2, -0.15) is 8.78 Å². The maximum atomic E-state index is 13.7. The van der Waals surface area contributed by atoms with Gasteiger partial charge in [0.1, 0.15) is 0 Å². The van der Waals surface area contributed by atoms with Gasteiger partial charge >= 0.3 is 0 Å². The summed E-state index contributed by atoms with van der Waals surface area (Å²) < 4.78 is 72.1. The molecule has 4 rings (SSSR count). The van der Waals surface area contributed by atoms with E-state index in [0.717, 1.165) is 48.8 Å². The van der Waals surface area contributed by atoms with Crippen LogP contribution in [0.1, 0.15) is 29.7 Å². The average molecular weight is 424 g/mol. The van der Waals surface area contributed by atoms with Crippen LogP contribution in [-0.4, -0.2) is 24.7 Å². The second-order valence-corrected chi connectivity index (χ2v) is 7.38. The lowest BCUT2D eigenvalue weighted by molar-refractivity contribution is 0.259. The summed E-state index contributed by atoms with van der Waals surface area (Å²) in [6.45, 7) is 1.69. The molecule has 3 nitrogen and oxygen atoms in total. The molecule has 0 saturated heterocycles. The Bertz CT molecular complexity index is 1050. The third-order valence-electron chi connectivity index (χ3n) is 5.44. The molecule has 160 valence electrons. The highest BCUT2D eigenvalue weighted by Gasteiger charge is 2.27. The van der Waals surface area contributed by atoms with Gasteiger partial charge in [-0.25, -0.2) is 13.2 Å². The van der Waals surface area contributed by atoms with Crippen molar-refractivity contribution in [1.29, 1.82) is 0 Å². The Balaban J connectivity index is 1.50. The second kappa shape index (κ2) is 8.63. The summed E-state index contributed by atoms with van der Waals surface area (Å²) in [5.74, 6) is -11.3. The summed E-state index contributed by atoms with van der Waals surface area (Å²) >= 11 is 0. The minimum atomic E-state index is -2.19. The van der Waals surface area contributed by atoms with Gasteiger partial charge in [0.2, 0.25) is 29.1 Å². The largest absolute Gasteiger partial charge is 0.487 e. The van der Waals surface area contributed by atoms with Gasteiger partial charge in [0.25, 0.3) is 0 Å². The van der Waals surface area contributed by atoms with Crippen molar-refractivity contribution in [2.45, 2.75) is 32.1 Å². The van der Waals surface area contributed by atoms with E-state index in [1.54, 1.807) is 0 Å². The zero-order valence-electron chi connectivity index (χ0n) is 16.2. The molecule has 0 saturated carbocycles. The number of aryl methyl sites for hydroxylation is 2. The highest BCUT2D eigenvalue weighted by Crippen LogP contribution is 2.31. The Morgan fingerprint density at radius 3 is 2.37 bits per heavy atom. The highest BCUT2D eigenvalue weighted by molar-refractivity contribution is 5.88. The Morgan fingerprint density at radius 1 is 0.867 bits per heavy atom. The van der Waals surface area contributed by atoms with Crippen LogP contribution in [0.4, 0.5) is 22.0 Å². The molecular formula is C22H21F5N2O. The van der Waals surface area contributed by atoms with Crippen LogP contribution >= 0.6 is 0 Å². The van der Waals surface area contributed by atoms with Crippen molar-refractivity contribution >= 4 is 10.9 Å². The van der Waals surface area contributed by atoms with Crippen LogP contribution in [0.3, 0.4) is 0 Å². The molecular weight excluding hydrogens is 403 g/mol. The fraction of sp³-hybridized carbons (Fsp3) is 0.364. The van der Waals surface area contributed by atoms with Crippen LogP contribution < -0.4 is 10.1 Å². The molecule has 30 heavy (non-hydrogen) atoms. The molecule has 8 heteroatoms. The van der Waals surface area contributed by atoms with Crippen molar-refractivity contribution in [1.82, 2.24) is 10.3 Å². The number of aromatic nitrogens is 1. The summed E-state index contributed by atoms with van der Waals surface area (Å²) in [5.41, 5.74) is 4.61. The number of ether oxygens (including phenoxy) is 1. The second-order valence-electron chi connectivity index (χ2n) is 7.38. The predicted molar refractivity (Wildman–Crippen MR) is 103 cm³/mol. The van der Waals surface area contributed by atoms with E-state index >= 15 is 0 Å². The number of halogens is 5. The number of rotatable bonds is 5. The van der Waals surface area contributed by atoms with E-state index in [4.69, 9.17) is 4.74 Å². The van der Waals surface area contributed by atoms with Gasteiger partial charge < -0.3 is 15.0 Å². The maximum absolute atomic E-state index is 13.7. The number of aromatic amines is 1. The monoisotopic (exact) mass is 424 g/mol. The topological polar surface area (TPSA) is 37.0 Å². The summed E-state index contributed by atoms with van der Waals surface area (Å²) in [6.07, 6.45) is 3.80. The van der Waals surface area contributed by atoms with E-state index in [1.165, 1.54) is 11.3 Å². The first-order valence-corrected chi connectivity index (χ1v) is 9.95. The molecule has 2 heterocycles. The van der Waals surface area contributed by atoms with Gasteiger partial charge in [-0.05, 0) is 62.4 Å².